The third-order valence-corrected chi connectivity index (χ3v) is 3.04. The molecule has 2 amide bonds. The van der Waals surface area contributed by atoms with Crippen LogP contribution >= 0.6 is 0 Å². The molecule has 1 aliphatic rings. The van der Waals surface area contributed by atoms with E-state index in [9.17, 15) is 22.8 Å². The first-order valence-electron chi connectivity index (χ1n) is 6.33. The van der Waals surface area contributed by atoms with Gasteiger partial charge in [-0.1, -0.05) is 6.07 Å². The number of aryl methyl sites for hydroxylation is 1. The zero-order chi connectivity index (χ0) is 15.6. The van der Waals surface area contributed by atoms with Crippen LogP contribution in [0.4, 0.5) is 13.2 Å². The zero-order valence-electron chi connectivity index (χ0n) is 11.3. The lowest BCUT2D eigenvalue weighted by Gasteiger charge is -2.18. The number of hydrogen-bond donors (Lipinski definition) is 1. The van der Waals surface area contributed by atoms with Gasteiger partial charge in [0.1, 0.15) is 12.2 Å². The first-order chi connectivity index (χ1) is 9.74. The first-order valence-corrected chi connectivity index (χ1v) is 6.33. The molecule has 1 unspecified atom stereocenters. The number of nitrogens with zero attached hydrogens (tertiary/aromatic N) is 2. The number of alkyl halides is 3. The van der Waals surface area contributed by atoms with E-state index < -0.39 is 30.6 Å². The van der Waals surface area contributed by atoms with Crippen molar-refractivity contribution in [3.8, 4) is 0 Å². The largest absolute Gasteiger partial charge is 0.406 e. The van der Waals surface area contributed by atoms with E-state index >= 15 is 0 Å². The van der Waals surface area contributed by atoms with Crippen molar-refractivity contribution < 1.29 is 22.8 Å². The summed E-state index contributed by atoms with van der Waals surface area (Å²) < 4.78 is 36.9. The van der Waals surface area contributed by atoms with E-state index in [1.54, 1.807) is 19.1 Å². The minimum absolute atomic E-state index is 0.131. The number of pyridine rings is 1. The second kappa shape index (κ2) is 5.71. The van der Waals surface area contributed by atoms with Crippen LogP contribution in [0.1, 0.15) is 22.6 Å². The Bertz CT molecular complexity index is 560. The summed E-state index contributed by atoms with van der Waals surface area (Å²) in [6.07, 6.45) is -4.57. The highest BCUT2D eigenvalue weighted by atomic mass is 19.4. The summed E-state index contributed by atoms with van der Waals surface area (Å²) in [5.41, 5.74) is 0.834. The van der Waals surface area contributed by atoms with Crippen molar-refractivity contribution in [3.63, 3.8) is 0 Å². The highest BCUT2D eigenvalue weighted by molar-refractivity contribution is 5.93. The Morgan fingerprint density at radius 2 is 2.19 bits per heavy atom. The summed E-state index contributed by atoms with van der Waals surface area (Å²) in [6.45, 7) is 0.289. The number of aromatic nitrogens is 1. The first kappa shape index (κ1) is 15.3. The van der Waals surface area contributed by atoms with Gasteiger partial charge in [-0.05, 0) is 19.1 Å². The lowest BCUT2D eigenvalue weighted by molar-refractivity contribution is -0.157. The number of carbonyl (C=O) groups excluding carboxylic acids is 2. The van der Waals surface area contributed by atoms with E-state index in [4.69, 9.17) is 0 Å². The number of rotatable bonds is 3. The molecule has 2 heterocycles. The van der Waals surface area contributed by atoms with Gasteiger partial charge in [-0.3, -0.25) is 9.59 Å². The molecule has 21 heavy (non-hydrogen) atoms. The van der Waals surface area contributed by atoms with E-state index in [0.29, 0.717) is 10.6 Å². The summed E-state index contributed by atoms with van der Waals surface area (Å²) in [5, 5.41) is 2.54. The SMILES string of the molecule is Cc1cccc(C(=O)NC2CC(=O)N(CC(F)(F)F)C2)n1. The number of amides is 2. The molecule has 2 rings (SSSR count). The van der Waals surface area contributed by atoms with E-state index in [0.717, 1.165) is 0 Å². The van der Waals surface area contributed by atoms with E-state index in [1.165, 1.54) is 6.07 Å². The molecular weight excluding hydrogens is 287 g/mol. The van der Waals surface area contributed by atoms with E-state index in [1.807, 2.05) is 0 Å². The van der Waals surface area contributed by atoms with Gasteiger partial charge in [0.2, 0.25) is 5.91 Å². The third kappa shape index (κ3) is 4.17. The molecule has 0 aliphatic carbocycles. The minimum Gasteiger partial charge on any atom is -0.346 e. The molecular formula is C13H14F3N3O2. The molecule has 1 atom stereocenters. The molecule has 0 spiro atoms. The molecule has 1 fully saturated rings. The molecule has 0 bridgehead atoms. The summed E-state index contributed by atoms with van der Waals surface area (Å²) in [7, 11) is 0. The molecule has 1 aromatic rings. The van der Waals surface area contributed by atoms with Crippen LogP contribution in [0.15, 0.2) is 18.2 Å². The van der Waals surface area contributed by atoms with Crippen molar-refractivity contribution in [3.05, 3.63) is 29.6 Å². The highest BCUT2D eigenvalue weighted by Crippen LogP contribution is 2.21. The Kier molecular flexibility index (Phi) is 4.15. The molecule has 0 aromatic carbocycles. The molecule has 1 saturated heterocycles. The number of nitrogens with one attached hydrogen (secondary N) is 1. The van der Waals surface area contributed by atoms with Gasteiger partial charge in [0, 0.05) is 18.7 Å². The number of hydrogen-bond acceptors (Lipinski definition) is 3. The molecule has 114 valence electrons. The van der Waals surface area contributed by atoms with Crippen molar-refractivity contribution in [1.29, 1.82) is 0 Å². The van der Waals surface area contributed by atoms with Crippen LogP contribution in [-0.2, 0) is 4.79 Å². The lowest BCUT2D eigenvalue weighted by atomic mass is 10.2. The Morgan fingerprint density at radius 1 is 1.48 bits per heavy atom. The van der Waals surface area contributed by atoms with Crippen LogP contribution in [0, 0.1) is 6.92 Å². The Labute approximate surface area is 119 Å². The van der Waals surface area contributed by atoms with Crippen LogP contribution in [0.2, 0.25) is 0 Å². The Balaban J connectivity index is 1.96. The van der Waals surface area contributed by atoms with Crippen molar-refractivity contribution >= 4 is 11.8 Å². The van der Waals surface area contributed by atoms with Gasteiger partial charge < -0.3 is 10.2 Å². The van der Waals surface area contributed by atoms with E-state index in [2.05, 4.69) is 10.3 Å². The third-order valence-electron chi connectivity index (χ3n) is 3.04. The zero-order valence-corrected chi connectivity index (χ0v) is 11.3. The smallest absolute Gasteiger partial charge is 0.346 e. The van der Waals surface area contributed by atoms with Gasteiger partial charge in [0.15, 0.2) is 0 Å². The van der Waals surface area contributed by atoms with Crippen molar-refractivity contribution in [2.24, 2.45) is 0 Å². The summed E-state index contributed by atoms with van der Waals surface area (Å²) in [6, 6.07) is 4.26. The molecule has 1 aliphatic heterocycles. The number of likely N-dealkylation sites (tertiary alicyclic amines) is 1. The maximum absolute atomic E-state index is 12.3. The van der Waals surface area contributed by atoms with Crippen LogP contribution in [-0.4, -0.2) is 47.0 Å². The molecule has 1 N–H and O–H groups in total. The Morgan fingerprint density at radius 3 is 2.81 bits per heavy atom. The average Bonchev–Trinajstić information content (AvgIpc) is 2.67. The maximum atomic E-state index is 12.3. The van der Waals surface area contributed by atoms with Crippen LogP contribution < -0.4 is 5.32 Å². The quantitative estimate of drug-likeness (QED) is 0.915. The second-order valence-corrected chi connectivity index (χ2v) is 4.93. The van der Waals surface area contributed by atoms with Crippen LogP contribution in [0.3, 0.4) is 0 Å². The van der Waals surface area contributed by atoms with Gasteiger partial charge in [0.05, 0.1) is 6.04 Å². The predicted octanol–water partition coefficient (Wildman–Crippen LogP) is 1.28. The standard InChI is InChI=1S/C13H14F3N3O2/c1-8-3-2-4-10(17-8)12(21)18-9-5-11(20)19(6-9)7-13(14,15)16/h2-4,9H,5-7H2,1H3,(H,18,21). The van der Waals surface area contributed by atoms with Gasteiger partial charge in [-0.2, -0.15) is 13.2 Å². The van der Waals surface area contributed by atoms with Crippen molar-refractivity contribution in [1.82, 2.24) is 15.2 Å². The fraction of sp³-hybridized carbons (Fsp3) is 0.462. The van der Waals surface area contributed by atoms with Gasteiger partial charge in [-0.25, -0.2) is 4.98 Å². The monoisotopic (exact) mass is 301 g/mol. The molecule has 0 radical (unpaired) electrons. The summed E-state index contributed by atoms with van der Waals surface area (Å²) >= 11 is 0. The Hall–Kier alpha value is -2.12. The lowest BCUT2D eigenvalue weighted by Crippen LogP contribution is -2.40. The molecule has 1 aromatic heterocycles. The maximum Gasteiger partial charge on any atom is 0.406 e. The molecule has 0 saturated carbocycles. The van der Waals surface area contributed by atoms with Gasteiger partial charge in [0.25, 0.3) is 5.91 Å². The highest BCUT2D eigenvalue weighted by Gasteiger charge is 2.38. The average molecular weight is 301 g/mol. The predicted molar refractivity (Wildman–Crippen MR) is 67.5 cm³/mol. The number of carbonyl (C=O) groups is 2. The number of halogens is 3. The molecule has 8 heteroatoms. The molecule has 5 nitrogen and oxygen atoms in total. The second-order valence-electron chi connectivity index (χ2n) is 4.93. The van der Waals surface area contributed by atoms with Crippen LogP contribution in [0.25, 0.3) is 0 Å². The van der Waals surface area contributed by atoms with E-state index in [-0.39, 0.29) is 18.7 Å². The fourth-order valence-electron chi connectivity index (χ4n) is 2.17. The van der Waals surface area contributed by atoms with Crippen LogP contribution in [0.5, 0.6) is 0 Å². The minimum atomic E-state index is -4.44. The van der Waals surface area contributed by atoms with Gasteiger partial charge >= 0.3 is 6.18 Å². The van der Waals surface area contributed by atoms with Gasteiger partial charge in [-0.15, -0.1) is 0 Å². The summed E-state index contributed by atoms with van der Waals surface area (Å²) in [4.78, 5) is 28.1. The van der Waals surface area contributed by atoms with Crippen molar-refractivity contribution in [2.75, 3.05) is 13.1 Å². The fourth-order valence-corrected chi connectivity index (χ4v) is 2.17. The normalized spacial score (nSPS) is 19.0. The summed E-state index contributed by atoms with van der Waals surface area (Å²) in [5.74, 6) is -1.11. The topological polar surface area (TPSA) is 62.3 Å². The van der Waals surface area contributed by atoms with Crippen molar-refractivity contribution in [2.45, 2.75) is 25.6 Å².